The molecule has 0 bridgehead atoms. The normalized spacial score (nSPS) is 17.5. The summed E-state index contributed by atoms with van der Waals surface area (Å²) in [6, 6.07) is 0. The van der Waals surface area contributed by atoms with Gasteiger partial charge in [-0.05, 0) is 0 Å². The van der Waals surface area contributed by atoms with Gasteiger partial charge in [0.2, 0.25) is 0 Å². The first-order valence-electron chi connectivity index (χ1n) is 7.02. The van der Waals surface area contributed by atoms with Crippen LogP contribution in [0.5, 0.6) is 0 Å². The zero-order chi connectivity index (χ0) is 16.7. The molecule has 0 aromatic heterocycles. The van der Waals surface area contributed by atoms with Crippen LogP contribution in [-0.2, 0) is 28.9 Å². The van der Waals surface area contributed by atoms with E-state index in [-0.39, 0.29) is 35.8 Å². The fraction of sp³-hybridized carbons (Fsp3) is 0.615. The molecule has 0 saturated carbocycles. The summed E-state index contributed by atoms with van der Waals surface area (Å²) in [4.78, 5) is 64.3. The van der Waals surface area contributed by atoms with Crippen LogP contribution in [0.1, 0.15) is 52.4 Å². The Bertz CT molecular complexity index is 415. The number of unbranched alkanes of at least 4 members (excludes halogenated alkanes) is 1. The average molecular weight is 314 g/mol. The third kappa shape index (κ3) is 4.54. The standard InChI is InChI=1S/C9H8N2O7.C4H10/c12-5-1-2-6(13)10(5)17-9(16)18-11-7(14)3-4-8(11)15;1-3-4-2/h1-4H2;3-4H2,1-2H3. The minimum absolute atomic E-state index is 0.0618. The number of carbonyl (C=O) groups is 5. The molecule has 0 aromatic rings. The van der Waals surface area contributed by atoms with Crippen LogP contribution in [0.25, 0.3) is 0 Å². The van der Waals surface area contributed by atoms with Crippen molar-refractivity contribution >= 4 is 29.8 Å². The van der Waals surface area contributed by atoms with Gasteiger partial charge >= 0.3 is 6.16 Å². The number of carbonyl (C=O) groups excluding carboxylic acids is 5. The van der Waals surface area contributed by atoms with Gasteiger partial charge in [-0.25, -0.2) is 0 Å². The van der Waals surface area contributed by atoms with Gasteiger partial charge < -0.3 is 0 Å². The number of imide groups is 2. The second kappa shape index (κ2) is 8.11. The fourth-order valence-corrected chi connectivity index (χ4v) is 1.48. The molecule has 0 aromatic carbocycles. The highest BCUT2D eigenvalue weighted by molar-refractivity contribution is 6.02. The molecule has 2 fully saturated rings. The molecule has 122 valence electrons. The van der Waals surface area contributed by atoms with Crippen LogP contribution in [0.3, 0.4) is 0 Å². The van der Waals surface area contributed by atoms with E-state index in [2.05, 4.69) is 23.5 Å². The smallest absolute Gasteiger partial charge is 0.293 e. The predicted octanol–water partition coefficient (Wildman–Crippen LogP) is 1.07. The number of nitrogens with zero attached hydrogens (tertiary/aromatic N) is 2. The fourth-order valence-electron chi connectivity index (χ4n) is 1.48. The van der Waals surface area contributed by atoms with Crippen molar-refractivity contribution in [3.63, 3.8) is 0 Å². The lowest BCUT2D eigenvalue weighted by Crippen LogP contribution is -2.37. The molecule has 2 rings (SSSR count). The van der Waals surface area contributed by atoms with E-state index >= 15 is 0 Å². The molecular formula is C13H18N2O7. The van der Waals surface area contributed by atoms with Crippen molar-refractivity contribution in [2.24, 2.45) is 0 Å². The Hall–Kier alpha value is -2.45. The quantitative estimate of drug-likeness (QED) is 0.716. The summed E-state index contributed by atoms with van der Waals surface area (Å²) < 4.78 is 0. The Morgan fingerprint density at radius 2 is 1.05 bits per heavy atom. The Morgan fingerprint density at radius 3 is 1.27 bits per heavy atom. The largest absolute Gasteiger partial charge is 0.560 e. The van der Waals surface area contributed by atoms with E-state index in [9.17, 15) is 24.0 Å². The van der Waals surface area contributed by atoms with Crippen molar-refractivity contribution in [2.45, 2.75) is 52.4 Å². The maximum Gasteiger partial charge on any atom is 0.560 e. The van der Waals surface area contributed by atoms with Crippen LogP contribution in [0.15, 0.2) is 0 Å². The first-order valence-corrected chi connectivity index (χ1v) is 7.02. The second-order valence-corrected chi connectivity index (χ2v) is 4.60. The highest BCUT2D eigenvalue weighted by Crippen LogP contribution is 2.15. The van der Waals surface area contributed by atoms with Crippen LogP contribution in [0.2, 0.25) is 0 Å². The van der Waals surface area contributed by atoms with Crippen LogP contribution in [0.4, 0.5) is 4.79 Å². The maximum absolute atomic E-state index is 11.2. The topological polar surface area (TPSA) is 110 Å². The molecule has 0 radical (unpaired) electrons. The molecule has 0 atom stereocenters. The minimum Gasteiger partial charge on any atom is -0.293 e. The molecule has 0 spiro atoms. The SMILES string of the molecule is CCCC.O=C(ON1C(=O)CCC1=O)ON1C(=O)CCC1=O. The van der Waals surface area contributed by atoms with E-state index in [1.807, 2.05) is 0 Å². The molecule has 0 aliphatic carbocycles. The molecule has 0 N–H and O–H groups in total. The van der Waals surface area contributed by atoms with Gasteiger partial charge in [-0.15, -0.1) is 0 Å². The van der Waals surface area contributed by atoms with Crippen molar-refractivity contribution in [3.05, 3.63) is 0 Å². The Labute approximate surface area is 127 Å². The van der Waals surface area contributed by atoms with Crippen molar-refractivity contribution in [1.29, 1.82) is 0 Å². The van der Waals surface area contributed by atoms with Crippen LogP contribution >= 0.6 is 0 Å². The monoisotopic (exact) mass is 314 g/mol. The third-order valence-electron chi connectivity index (χ3n) is 2.84. The molecule has 9 heteroatoms. The van der Waals surface area contributed by atoms with E-state index in [1.54, 1.807) is 0 Å². The number of hydroxylamine groups is 4. The van der Waals surface area contributed by atoms with Gasteiger partial charge in [-0.2, -0.15) is 4.79 Å². The lowest BCUT2D eigenvalue weighted by molar-refractivity contribution is -0.198. The van der Waals surface area contributed by atoms with E-state index in [0.29, 0.717) is 0 Å². The second-order valence-electron chi connectivity index (χ2n) is 4.60. The van der Waals surface area contributed by atoms with E-state index in [1.165, 1.54) is 12.8 Å². The molecular weight excluding hydrogens is 296 g/mol. The lowest BCUT2D eigenvalue weighted by Gasteiger charge is -2.15. The molecule has 2 aliphatic heterocycles. The van der Waals surface area contributed by atoms with Crippen molar-refractivity contribution in [1.82, 2.24) is 10.1 Å². The highest BCUT2D eigenvalue weighted by Gasteiger charge is 2.37. The summed E-state index contributed by atoms with van der Waals surface area (Å²) in [7, 11) is 0. The molecule has 4 amide bonds. The Kier molecular flexibility index (Phi) is 6.48. The number of hydrogen-bond acceptors (Lipinski definition) is 7. The van der Waals surface area contributed by atoms with E-state index in [0.717, 1.165) is 0 Å². The van der Waals surface area contributed by atoms with Gasteiger partial charge in [-0.3, -0.25) is 28.9 Å². The molecule has 2 aliphatic rings. The molecule has 2 heterocycles. The maximum atomic E-state index is 11.2. The number of hydrogen-bond donors (Lipinski definition) is 0. The summed E-state index contributed by atoms with van der Waals surface area (Å²) >= 11 is 0. The van der Waals surface area contributed by atoms with Crippen LogP contribution in [-0.4, -0.2) is 39.9 Å². The van der Waals surface area contributed by atoms with Gasteiger partial charge in [0.05, 0.1) is 0 Å². The first-order chi connectivity index (χ1) is 10.4. The van der Waals surface area contributed by atoms with Gasteiger partial charge in [0.15, 0.2) is 0 Å². The molecule has 22 heavy (non-hydrogen) atoms. The van der Waals surface area contributed by atoms with E-state index in [4.69, 9.17) is 0 Å². The summed E-state index contributed by atoms with van der Waals surface area (Å²) in [5.41, 5.74) is 0. The minimum atomic E-state index is -1.48. The van der Waals surface area contributed by atoms with Crippen LogP contribution < -0.4 is 0 Å². The van der Waals surface area contributed by atoms with Gasteiger partial charge in [0, 0.05) is 25.7 Å². The van der Waals surface area contributed by atoms with Crippen molar-refractivity contribution in [2.75, 3.05) is 0 Å². The average Bonchev–Trinajstić information content (AvgIpc) is 2.97. The summed E-state index contributed by atoms with van der Waals surface area (Å²) in [5.74, 6) is -2.74. The van der Waals surface area contributed by atoms with Gasteiger partial charge in [0.1, 0.15) is 0 Å². The van der Waals surface area contributed by atoms with Crippen LogP contribution in [0, 0.1) is 0 Å². The summed E-state index contributed by atoms with van der Waals surface area (Å²) in [6.07, 6.45) is 0.908. The number of amides is 4. The number of rotatable bonds is 3. The lowest BCUT2D eigenvalue weighted by atomic mass is 10.4. The molecule has 9 nitrogen and oxygen atoms in total. The Morgan fingerprint density at radius 1 is 0.773 bits per heavy atom. The van der Waals surface area contributed by atoms with Gasteiger partial charge in [-0.1, -0.05) is 36.8 Å². The molecule has 2 saturated heterocycles. The summed E-state index contributed by atoms with van der Waals surface area (Å²) in [6.45, 7) is 4.36. The summed E-state index contributed by atoms with van der Waals surface area (Å²) in [5, 5.41) is 0.515. The van der Waals surface area contributed by atoms with Crippen molar-refractivity contribution in [3.8, 4) is 0 Å². The predicted molar refractivity (Wildman–Crippen MR) is 70.3 cm³/mol. The first kappa shape index (κ1) is 17.6. The Balaban J connectivity index is 0.000000541. The van der Waals surface area contributed by atoms with Gasteiger partial charge in [0.25, 0.3) is 23.6 Å². The zero-order valence-corrected chi connectivity index (χ0v) is 12.5. The third-order valence-corrected chi connectivity index (χ3v) is 2.84. The zero-order valence-electron chi connectivity index (χ0n) is 12.5. The van der Waals surface area contributed by atoms with Crippen molar-refractivity contribution < 1.29 is 33.6 Å². The van der Waals surface area contributed by atoms with E-state index < -0.39 is 29.8 Å². The molecule has 0 unspecified atom stereocenters. The highest BCUT2D eigenvalue weighted by atomic mass is 16.9.